The molecule has 0 spiro atoms. The Balaban J connectivity index is 3.22. The van der Waals surface area contributed by atoms with Crippen molar-refractivity contribution in [1.82, 2.24) is 0 Å². The zero-order chi connectivity index (χ0) is 11.3. The van der Waals surface area contributed by atoms with Gasteiger partial charge < -0.3 is 14.2 Å². The molecule has 3 nitrogen and oxygen atoms in total. The molecule has 0 amide bonds. The van der Waals surface area contributed by atoms with Crippen LogP contribution in [0.3, 0.4) is 0 Å². The zero-order valence-electron chi connectivity index (χ0n) is 9.16. The maximum absolute atomic E-state index is 5.27. The van der Waals surface area contributed by atoms with Gasteiger partial charge >= 0.3 is 0 Å². The monoisotopic (exact) mass is 206 g/mol. The smallest absolute Gasteiger partial charge is 0.164 e. The van der Waals surface area contributed by atoms with Gasteiger partial charge in [-0.15, -0.1) is 12.3 Å². The van der Waals surface area contributed by atoms with E-state index in [9.17, 15) is 0 Å². The van der Waals surface area contributed by atoms with Gasteiger partial charge in [0.25, 0.3) is 0 Å². The highest BCUT2D eigenvalue weighted by atomic mass is 16.5. The van der Waals surface area contributed by atoms with Gasteiger partial charge in [-0.25, -0.2) is 0 Å². The summed E-state index contributed by atoms with van der Waals surface area (Å²) in [6, 6.07) is 3.60. The predicted molar refractivity (Wildman–Crippen MR) is 58.6 cm³/mol. The van der Waals surface area contributed by atoms with Crippen LogP contribution in [0.15, 0.2) is 12.1 Å². The van der Waals surface area contributed by atoms with E-state index in [0.29, 0.717) is 23.7 Å². The molecular formula is C12H14O3. The number of hydrogen-bond acceptors (Lipinski definition) is 3. The Morgan fingerprint density at radius 2 is 1.53 bits per heavy atom. The highest BCUT2D eigenvalue weighted by molar-refractivity contribution is 5.51. The molecule has 0 fully saturated rings. The molecule has 0 aliphatic heterocycles. The predicted octanol–water partition coefficient (Wildman–Crippen LogP) is 1.89. The summed E-state index contributed by atoms with van der Waals surface area (Å²) in [7, 11) is 4.77. The second-order valence-electron chi connectivity index (χ2n) is 2.90. The topological polar surface area (TPSA) is 27.7 Å². The van der Waals surface area contributed by atoms with E-state index in [-0.39, 0.29) is 0 Å². The first kappa shape index (κ1) is 11.3. The number of hydrogen-bond donors (Lipinski definition) is 0. The third-order valence-corrected chi connectivity index (χ3v) is 2.08. The second-order valence-corrected chi connectivity index (χ2v) is 2.90. The molecule has 0 aromatic heterocycles. The van der Waals surface area contributed by atoms with E-state index < -0.39 is 0 Å². The standard InChI is InChI=1S/C12H14O3/c1-5-6-9-7-11(14-3)12(15-4)8-10(9)13-2/h1,7-8H,6H2,2-4H3. The number of ether oxygens (including phenoxy) is 3. The molecule has 0 bridgehead atoms. The van der Waals surface area contributed by atoms with Crippen molar-refractivity contribution in [3.63, 3.8) is 0 Å². The van der Waals surface area contributed by atoms with Crippen LogP contribution in [-0.2, 0) is 6.42 Å². The normalized spacial score (nSPS) is 9.20. The Bertz CT molecular complexity index is 377. The van der Waals surface area contributed by atoms with Gasteiger partial charge in [-0.1, -0.05) is 0 Å². The lowest BCUT2D eigenvalue weighted by atomic mass is 10.1. The first-order chi connectivity index (χ1) is 7.26. The lowest BCUT2D eigenvalue weighted by molar-refractivity contribution is 0.348. The van der Waals surface area contributed by atoms with Gasteiger partial charge in [-0.3, -0.25) is 0 Å². The van der Waals surface area contributed by atoms with Crippen LogP contribution < -0.4 is 14.2 Å². The summed E-state index contributed by atoms with van der Waals surface area (Å²) >= 11 is 0. The molecule has 0 unspecified atom stereocenters. The number of terminal acetylenes is 1. The highest BCUT2D eigenvalue weighted by Gasteiger charge is 2.10. The second kappa shape index (κ2) is 5.16. The van der Waals surface area contributed by atoms with Crippen LogP contribution in [0, 0.1) is 12.3 Å². The molecule has 0 atom stereocenters. The van der Waals surface area contributed by atoms with Crippen LogP contribution in [0.1, 0.15) is 5.56 Å². The molecule has 3 heteroatoms. The van der Waals surface area contributed by atoms with Gasteiger partial charge in [0, 0.05) is 18.1 Å². The fourth-order valence-electron chi connectivity index (χ4n) is 1.34. The number of benzene rings is 1. The third kappa shape index (κ3) is 2.35. The molecule has 0 saturated carbocycles. The Morgan fingerprint density at radius 3 is 2.00 bits per heavy atom. The third-order valence-electron chi connectivity index (χ3n) is 2.08. The van der Waals surface area contributed by atoms with Crippen molar-refractivity contribution in [2.45, 2.75) is 6.42 Å². The van der Waals surface area contributed by atoms with Crippen molar-refractivity contribution in [1.29, 1.82) is 0 Å². The first-order valence-electron chi connectivity index (χ1n) is 4.49. The van der Waals surface area contributed by atoms with Crippen LogP contribution in [0.2, 0.25) is 0 Å². The highest BCUT2D eigenvalue weighted by Crippen LogP contribution is 2.34. The van der Waals surface area contributed by atoms with E-state index in [2.05, 4.69) is 5.92 Å². The molecule has 0 aliphatic rings. The van der Waals surface area contributed by atoms with Crippen molar-refractivity contribution in [3.8, 4) is 29.6 Å². The Labute approximate surface area is 90.0 Å². The average molecular weight is 206 g/mol. The lowest BCUT2D eigenvalue weighted by Crippen LogP contribution is -1.96. The quantitative estimate of drug-likeness (QED) is 0.704. The Hall–Kier alpha value is -1.82. The molecule has 0 radical (unpaired) electrons. The molecule has 80 valence electrons. The van der Waals surface area contributed by atoms with Gasteiger partial charge in [0.05, 0.1) is 21.3 Å². The van der Waals surface area contributed by atoms with Gasteiger partial charge in [0.2, 0.25) is 0 Å². The Morgan fingerprint density at radius 1 is 1.00 bits per heavy atom. The maximum Gasteiger partial charge on any atom is 0.164 e. The first-order valence-corrected chi connectivity index (χ1v) is 4.49. The Kier molecular flexibility index (Phi) is 3.87. The molecule has 0 heterocycles. The summed E-state index contributed by atoms with van der Waals surface area (Å²) in [4.78, 5) is 0. The number of rotatable bonds is 4. The van der Waals surface area contributed by atoms with E-state index in [1.165, 1.54) is 0 Å². The van der Waals surface area contributed by atoms with Crippen molar-refractivity contribution in [2.24, 2.45) is 0 Å². The van der Waals surface area contributed by atoms with Crippen molar-refractivity contribution < 1.29 is 14.2 Å². The van der Waals surface area contributed by atoms with Gasteiger partial charge in [0.1, 0.15) is 5.75 Å². The maximum atomic E-state index is 5.27. The van der Waals surface area contributed by atoms with Crippen LogP contribution in [0.25, 0.3) is 0 Å². The molecule has 0 aliphatic carbocycles. The van der Waals surface area contributed by atoms with E-state index in [1.54, 1.807) is 27.4 Å². The molecule has 15 heavy (non-hydrogen) atoms. The van der Waals surface area contributed by atoms with Crippen molar-refractivity contribution in [2.75, 3.05) is 21.3 Å². The van der Waals surface area contributed by atoms with Crippen LogP contribution >= 0.6 is 0 Å². The summed E-state index contributed by atoms with van der Waals surface area (Å²) in [6.07, 6.45) is 5.77. The number of methoxy groups -OCH3 is 3. The minimum absolute atomic E-state index is 0.503. The largest absolute Gasteiger partial charge is 0.496 e. The van der Waals surface area contributed by atoms with Gasteiger partial charge in [-0.2, -0.15) is 0 Å². The van der Waals surface area contributed by atoms with E-state index in [4.69, 9.17) is 20.6 Å². The zero-order valence-corrected chi connectivity index (χ0v) is 9.16. The molecule has 1 aromatic carbocycles. The minimum Gasteiger partial charge on any atom is -0.496 e. The van der Waals surface area contributed by atoms with Crippen molar-refractivity contribution in [3.05, 3.63) is 17.7 Å². The lowest BCUT2D eigenvalue weighted by Gasteiger charge is -2.12. The van der Waals surface area contributed by atoms with Crippen LogP contribution in [0.5, 0.6) is 17.2 Å². The molecular weight excluding hydrogens is 192 g/mol. The summed E-state index contributed by atoms with van der Waals surface area (Å²) < 4.78 is 15.5. The van der Waals surface area contributed by atoms with Crippen molar-refractivity contribution >= 4 is 0 Å². The van der Waals surface area contributed by atoms with Gasteiger partial charge in [-0.05, 0) is 6.07 Å². The molecule has 1 aromatic rings. The van der Waals surface area contributed by atoms with E-state index in [1.807, 2.05) is 6.07 Å². The fraction of sp³-hybridized carbons (Fsp3) is 0.333. The molecule has 1 rings (SSSR count). The summed E-state index contributed by atoms with van der Waals surface area (Å²) in [5.41, 5.74) is 0.914. The fourth-order valence-corrected chi connectivity index (χ4v) is 1.34. The molecule has 0 saturated heterocycles. The molecule has 0 N–H and O–H groups in total. The summed E-state index contributed by atoms with van der Waals surface area (Å²) in [6.45, 7) is 0. The SMILES string of the molecule is C#CCc1cc(OC)c(OC)cc1OC. The van der Waals surface area contributed by atoms with Crippen LogP contribution in [0.4, 0.5) is 0 Å². The average Bonchev–Trinajstić information content (AvgIpc) is 2.28. The van der Waals surface area contributed by atoms with Crippen LogP contribution in [-0.4, -0.2) is 21.3 Å². The van der Waals surface area contributed by atoms with E-state index in [0.717, 1.165) is 5.56 Å². The minimum atomic E-state index is 0.503. The van der Waals surface area contributed by atoms with Gasteiger partial charge in [0.15, 0.2) is 11.5 Å². The summed E-state index contributed by atoms with van der Waals surface area (Å²) in [5.74, 6) is 4.58. The van der Waals surface area contributed by atoms with E-state index >= 15 is 0 Å². The summed E-state index contributed by atoms with van der Waals surface area (Å²) in [5, 5.41) is 0.